The summed E-state index contributed by atoms with van der Waals surface area (Å²) in [5, 5.41) is 2.39. The van der Waals surface area contributed by atoms with Gasteiger partial charge in [-0.3, -0.25) is 4.79 Å². The number of alkyl halides is 1. The van der Waals surface area contributed by atoms with Gasteiger partial charge in [-0.05, 0) is 6.42 Å². The zero-order valence-corrected chi connectivity index (χ0v) is 10.7. The number of rotatable bonds is 6. The average Bonchev–Trinajstić information content (AvgIpc) is 2.17. The topological polar surface area (TPSA) is 66.5 Å². The van der Waals surface area contributed by atoms with Crippen LogP contribution in [0.15, 0.2) is 0 Å². The molecule has 14 heavy (non-hydrogen) atoms. The molecule has 0 aromatic rings. The largest absolute Gasteiger partial charge is 0.358 e. The standard InChI is InChI=1S/C7H15BrN2O3S/c1-3-4-10(5-7(11)9-2)14(12,13)6-8/h3-6H2,1-2H3,(H,9,11). The van der Waals surface area contributed by atoms with E-state index in [1.807, 2.05) is 6.92 Å². The third-order valence-electron chi connectivity index (χ3n) is 1.60. The molecule has 0 spiro atoms. The molecule has 0 rings (SSSR count). The highest BCUT2D eigenvalue weighted by Crippen LogP contribution is 2.05. The molecular weight excluding hydrogens is 272 g/mol. The van der Waals surface area contributed by atoms with E-state index < -0.39 is 10.0 Å². The van der Waals surface area contributed by atoms with Gasteiger partial charge >= 0.3 is 0 Å². The van der Waals surface area contributed by atoms with E-state index in [0.29, 0.717) is 13.0 Å². The molecule has 0 aliphatic carbocycles. The van der Waals surface area contributed by atoms with E-state index in [4.69, 9.17) is 0 Å². The maximum absolute atomic E-state index is 11.4. The van der Waals surface area contributed by atoms with E-state index in [1.165, 1.54) is 11.4 Å². The van der Waals surface area contributed by atoms with E-state index in [9.17, 15) is 13.2 Å². The number of nitrogens with one attached hydrogen (secondary N) is 1. The Hall–Kier alpha value is -0.140. The smallest absolute Gasteiger partial charge is 0.235 e. The van der Waals surface area contributed by atoms with Crippen molar-refractivity contribution in [3.8, 4) is 0 Å². The number of halogens is 1. The minimum atomic E-state index is -3.34. The van der Waals surface area contributed by atoms with Crippen LogP contribution >= 0.6 is 15.9 Å². The van der Waals surface area contributed by atoms with Gasteiger partial charge in [-0.25, -0.2) is 8.42 Å². The molecule has 5 nitrogen and oxygen atoms in total. The Balaban J connectivity index is 4.52. The minimum Gasteiger partial charge on any atom is -0.358 e. The van der Waals surface area contributed by atoms with E-state index in [-0.39, 0.29) is 17.1 Å². The Labute approximate surface area is 93.0 Å². The molecule has 0 radical (unpaired) electrons. The monoisotopic (exact) mass is 286 g/mol. The molecule has 0 atom stereocenters. The average molecular weight is 287 g/mol. The van der Waals surface area contributed by atoms with E-state index in [0.717, 1.165) is 0 Å². The van der Waals surface area contributed by atoms with Gasteiger partial charge in [0.1, 0.15) is 4.66 Å². The van der Waals surface area contributed by atoms with Crippen LogP contribution in [0.1, 0.15) is 13.3 Å². The first-order chi connectivity index (χ1) is 6.47. The molecule has 0 fully saturated rings. The van der Waals surface area contributed by atoms with Crippen molar-refractivity contribution >= 4 is 31.9 Å². The molecule has 84 valence electrons. The maximum Gasteiger partial charge on any atom is 0.235 e. The Morgan fingerprint density at radius 3 is 2.43 bits per heavy atom. The zero-order valence-electron chi connectivity index (χ0n) is 8.29. The fraction of sp³-hybridized carbons (Fsp3) is 0.857. The SMILES string of the molecule is CCCN(CC(=O)NC)S(=O)(=O)CBr. The highest BCUT2D eigenvalue weighted by atomic mass is 79.9. The molecule has 0 aliphatic heterocycles. The summed E-state index contributed by atoms with van der Waals surface area (Å²) in [6.07, 6.45) is 0.684. The first-order valence-corrected chi connectivity index (χ1v) is 6.95. The number of hydrogen-bond donors (Lipinski definition) is 1. The second-order valence-corrected chi connectivity index (χ2v) is 6.00. The Kier molecular flexibility index (Phi) is 6.30. The summed E-state index contributed by atoms with van der Waals surface area (Å²) in [5.41, 5.74) is 0. The van der Waals surface area contributed by atoms with Crippen molar-refractivity contribution in [1.82, 2.24) is 9.62 Å². The van der Waals surface area contributed by atoms with E-state index in [1.54, 1.807) is 0 Å². The van der Waals surface area contributed by atoms with E-state index >= 15 is 0 Å². The summed E-state index contributed by atoms with van der Waals surface area (Å²) in [6, 6.07) is 0. The lowest BCUT2D eigenvalue weighted by Gasteiger charge is -2.18. The van der Waals surface area contributed by atoms with Gasteiger partial charge < -0.3 is 5.32 Å². The lowest BCUT2D eigenvalue weighted by molar-refractivity contribution is -0.120. The van der Waals surface area contributed by atoms with Gasteiger partial charge in [0.05, 0.1) is 6.54 Å². The number of nitrogens with zero attached hydrogens (tertiary/aromatic N) is 1. The van der Waals surface area contributed by atoms with Crippen LogP contribution in [0.3, 0.4) is 0 Å². The molecular formula is C7H15BrN2O3S. The van der Waals surface area contributed by atoms with Gasteiger partial charge in [0.2, 0.25) is 15.9 Å². The number of sulfonamides is 1. The summed E-state index contributed by atoms with van der Waals surface area (Å²) in [5.74, 6) is -0.303. The second kappa shape index (κ2) is 6.36. The van der Waals surface area contributed by atoms with E-state index in [2.05, 4.69) is 21.2 Å². The second-order valence-electron chi connectivity index (χ2n) is 2.73. The molecule has 0 aliphatic rings. The minimum absolute atomic E-state index is 0.113. The first-order valence-electron chi connectivity index (χ1n) is 4.22. The molecule has 0 saturated carbocycles. The molecule has 7 heteroatoms. The zero-order chi connectivity index (χ0) is 11.2. The summed E-state index contributed by atoms with van der Waals surface area (Å²) >= 11 is 2.89. The van der Waals surface area contributed by atoms with Crippen molar-refractivity contribution in [3.63, 3.8) is 0 Å². The van der Waals surface area contributed by atoms with Crippen LogP contribution in [0.2, 0.25) is 0 Å². The van der Waals surface area contributed by atoms with Crippen molar-refractivity contribution in [3.05, 3.63) is 0 Å². The normalized spacial score (nSPS) is 11.7. The summed E-state index contributed by atoms with van der Waals surface area (Å²) < 4.78 is 23.9. The number of carbonyl (C=O) groups is 1. The fourth-order valence-corrected chi connectivity index (χ4v) is 2.66. The van der Waals surface area contributed by atoms with Crippen molar-refractivity contribution < 1.29 is 13.2 Å². The molecule has 0 unspecified atom stereocenters. The number of amides is 1. The third-order valence-corrected chi connectivity index (χ3v) is 4.71. The highest BCUT2D eigenvalue weighted by Gasteiger charge is 2.21. The Morgan fingerprint density at radius 1 is 1.50 bits per heavy atom. The summed E-state index contributed by atoms with van der Waals surface area (Å²) in [7, 11) is -1.86. The Morgan fingerprint density at radius 2 is 2.07 bits per heavy atom. The van der Waals surface area contributed by atoms with Crippen molar-refractivity contribution in [2.24, 2.45) is 0 Å². The van der Waals surface area contributed by atoms with Crippen LogP contribution < -0.4 is 5.32 Å². The predicted molar refractivity (Wildman–Crippen MR) is 58.6 cm³/mol. The van der Waals surface area contributed by atoms with Gasteiger partial charge in [0.25, 0.3) is 0 Å². The van der Waals surface area contributed by atoms with Crippen LogP contribution in [0.5, 0.6) is 0 Å². The van der Waals surface area contributed by atoms with Crippen LogP contribution in [0, 0.1) is 0 Å². The molecule has 0 saturated heterocycles. The molecule has 0 heterocycles. The number of hydrogen-bond acceptors (Lipinski definition) is 3. The van der Waals surface area contributed by atoms with Crippen LogP contribution in [0.4, 0.5) is 0 Å². The number of likely N-dealkylation sites (N-methyl/N-ethyl adjacent to an activating group) is 1. The molecule has 0 aromatic heterocycles. The van der Waals surface area contributed by atoms with Crippen LogP contribution in [-0.2, 0) is 14.8 Å². The summed E-state index contributed by atoms with van der Waals surface area (Å²) in [6.45, 7) is 2.11. The first kappa shape index (κ1) is 13.9. The lowest BCUT2D eigenvalue weighted by Crippen LogP contribution is -2.40. The van der Waals surface area contributed by atoms with Gasteiger partial charge in [0.15, 0.2) is 0 Å². The predicted octanol–water partition coefficient (Wildman–Crippen LogP) is 0.127. The van der Waals surface area contributed by atoms with Crippen LogP contribution in [0.25, 0.3) is 0 Å². The Bertz CT molecular complexity index is 279. The number of carbonyl (C=O) groups excluding carboxylic acids is 1. The van der Waals surface area contributed by atoms with Crippen molar-refractivity contribution in [2.45, 2.75) is 13.3 Å². The van der Waals surface area contributed by atoms with Gasteiger partial charge in [-0.1, -0.05) is 22.9 Å². The van der Waals surface area contributed by atoms with Gasteiger partial charge in [0, 0.05) is 13.6 Å². The quantitative estimate of drug-likeness (QED) is 0.706. The van der Waals surface area contributed by atoms with Crippen LogP contribution in [-0.4, -0.2) is 43.4 Å². The van der Waals surface area contributed by atoms with Crippen molar-refractivity contribution in [1.29, 1.82) is 0 Å². The fourth-order valence-electron chi connectivity index (χ4n) is 0.874. The molecule has 1 N–H and O–H groups in total. The molecule has 0 bridgehead atoms. The molecule has 0 aromatic carbocycles. The summed E-state index contributed by atoms with van der Waals surface area (Å²) in [4.78, 5) is 11.0. The van der Waals surface area contributed by atoms with Gasteiger partial charge in [-0.15, -0.1) is 0 Å². The molecule has 1 amide bonds. The highest BCUT2D eigenvalue weighted by molar-refractivity contribution is 9.10. The van der Waals surface area contributed by atoms with Gasteiger partial charge in [-0.2, -0.15) is 4.31 Å². The van der Waals surface area contributed by atoms with Crippen molar-refractivity contribution in [2.75, 3.05) is 24.8 Å². The lowest BCUT2D eigenvalue weighted by atomic mass is 10.4. The maximum atomic E-state index is 11.4. The third kappa shape index (κ3) is 4.39.